The maximum absolute atomic E-state index is 13.5. The van der Waals surface area contributed by atoms with Gasteiger partial charge in [-0.1, -0.05) is 35.5 Å². The number of hydrogen-bond donors (Lipinski definition) is 1. The average molecular weight is 592 g/mol. The lowest BCUT2D eigenvalue weighted by molar-refractivity contribution is -0.141. The number of nitrogens with two attached hydrogens (primary N) is 1. The van der Waals surface area contributed by atoms with Crippen LogP contribution >= 0.6 is 23.4 Å². The number of thioether (sulfide) groups is 1. The van der Waals surface area contributed by atoms with Crippen molar-refractivity contribution < 1.29 is 23.0 Å². The summed E-state index contributed by atoms with van der Waals surface area (Å²) < 4.78 is 36.2. The quantitative estimate of drug-likeness (QED) is 0.170. The molecule has 1 fully saturated rings. The molecule has 41 heavy (non-hydrogen) atoms. The zero-order valence-corrected chi connectivity index (χ0v) is 23.6. The summed E-state index contributed by atoms with van der Waals surface area (Å²) in [4.78, 5) is 12.3. The van der Waals surface area contributed by atoms with Crippen LogP contribution < -0.4 is 10.5 Å². The molecule has 4 aromatic rings. The molecule has 1 aliphatic rings. The van der Waals surface area contributed by atoms with Crippen LogP contribution in [0.25, 0.3) is 27.4 Å². The number of hydrogen-bond acceptors (Lipinski definition) is 9. The van der Waals surface area contributed by atoms with Crippen LogP contribution in [-0.2, 0) is 15.2 Å². The van der Waals surface area contributed by atoms with Crippen molar-refractivity contribution in [3.05, 3.63) is 82.2 Å². The predicted molar refractivity (Wildman–Crippen MR) is 152 cm³/mol. The number of anilines is 1. The first kappa shape index (κ1) is 28.4. The maximum Gasteiger partial charge on any atom is 0.236 e. The van der Waals surface area contributed by atoms with Gasteiger partial charge in [0.1, 0.15) is 47.5 Å². The normalized spacial score (nSPS) is 15.8. The fourth-order valence-electron chi connectivity index (χ4n) is 4.20. The van der Waals surface area contributed by atoms with Gasteiger partial charge >= 0.3 is 0 Å². The summed E-state index contributed by atoms with van der Waals surface area (Å²) in [6.45, 7) is 12.1. The van der Waals surface area contributed by atoms with Crippen LogP contribution in [0, 0.1) is 23.7 Å². The number of nitrogen functional groups attached to an aromatic ring is 1. The highest BCUT2D eigenvalue weighted by Crippen LogP contribution is 2.42. The third kappa shape index (κ3) is 6.29. The van der Waals surface area contributed by atoms with E-state index < -0.39 is 11.6 Å². The fourth-order valence-corrected chi connectivity index (χ4v) is 5.26. The smallest absolute Gasteiger partial charge is 0.236 e. The van der Waals surface area contributed by atoms with E-state index in [9.17, 15) is 9.65 Å². The van der Waals surface area contributed by atoms with E-state index in [1.54, 1.807) is 24.3 Å². The molecule has 0 saturated carbocycles. The number of halogens is 2. The molecule has 9 nitrogen and oxygen atoms in total. The van der Waals surface area contributed by atoms with Crippen molar-refractivity contribution in [3.63, 3.8) is 0 Å². The minimum absolute atomic E-state index is 0.0135. The Morgan fingerprint density at radius 1 is 1.24 bits per heavy atom. The Hall–Kier alpha value is -4.13. The van der Waals surface area contributed by atoms with Gasteiger partial charge in [-0.3, -0.25) is 0 Å². The van der Waals surface area contributed by atoms with Gasteiger partial charge in [-0.15, -0.1) is 0 Å². The molecule has 1 aliphatic heterocycles. The Kier molecular flexibility index (Phi) is 8.15. The minimum atomic E-state index is -0.633. The lowest BCUT2D eigenvalue weighted by Gasteiger charge is -2.17. The Morgan fingerprint density at radius 2 is 2.00 bits per heavy atom. The minimum Gasteiger partial charge on any atom is -0.491 e. The largest absolute Gasteiger partial charge is 0.491 e. The summed E-state index contributed by atoms with van der Waals surface area (Å²) >= 11 is 7.10. The van der Waals surface area contributed by atoms with Gasteiger partial charge in [-0.05, 0) is 49.7 Å². The highest BCUT2D eigenvalue weighted by Gasteiger charge is 2.33. The third-order valence-corrected chi connectivity index (χ3v) is 7.41. The second-order valence-electron chi connectivity index (χ2n) is 9.47. The Bertz CT molecular complexity index is 1680. The number of aromatic nitrogens is 2. The molecule has 3 heterocycles. The van der Waals surface area contributed by atoms with E-state index in [0.717, 1.165) is 0 Å². The molecule has 0 aliphatic carbocycles. The van der Waals surface area contributed by atoms with E-state index in [0.29, 0.717) is 52.1 Å². The summed E-state index contributed by atoms with van der Waals surface area (Å²) in [5.41, 5.74) is 8.57. The van der Waals surface area contributed by atoms with Crippen molar-refractivity contribution in [1.82, 2.24) is 9.97 Å². The Balaban J connectivity index is 1.35. The molecular formula is C29H23ClFN5O4S. The number of benzene rings is 2. The first-order valence-corrected chi connectivity index (χ1v) is 13.7. The van der Waals surface area contributed by atoms with Crippen molar-refractivity contribution in [2.75, 3.05) is 18.9 Å². The van der Waals surface area contributed by atoms with Crippen LogP contribution in [0.5, 0.6) is 5.75 Å². The molecule has 1 atom stereocenters. The lowest BCUT2D eigenvalue weighted by Crippen LogP contribution is -2.25. The molecule has 2 N–H and O–H groups in total. The summed E-state index contributed by atoms with van der Waals surface area (Å²) in [7, 11) is 0. The Labute approximate surface area is 244 Å². The van der Waals surface area contributed by atoms with Crippen molar-refractivity contribution in [2.45, 2.75) is 36.5 Å². The van der Waals surface area contributed by atoms with E-state index in [4.69, 9.17) is 42.5 Å². The molecule has 0 amide bonds. The predicted octanol–water partition coefficient (Wildman–Crippen LogP) is 7.02. The van der Waals surface area contributed by atoms with E-state index in [2.05, 4.69) is 20.9 Å². The first-order valence-electron chi connectivity index (χ1n) is 12.4. The van der Waals surface area contributed by atoms with Gasteiger partial charge in [-0.2, -0.15) is 5.26 Å². The van der Waals surface area contributed by atoms with Gasteiger partial charge in [0.2, 0.25) is 11.6 Å². The summed E-state index contributed by atoms with van der Waals surface area (Å²) in [5, 5.41) is 10.4. The molecular weight excluding hydrogens is 569 g/mol. The molecule has 2 aromatic heterocycles. The first-order chi connectivity index (χ1) is 19.7. The SMILES string of the molecule is [C-]#[N+]c1c(N)nc(SCc2coc(-c3ccc(F)c(Cl)c3)n2)c(C#N)c1-c1ccc(OC[C@@H]2COC(C)(C)O2)cc1. The number of nitriles is 1. The van der Waals surface area contributed by atoms with Crippen molar-refractivity contribution in [2.24, 2.45) is 0 Å². The van der Waals surface area contributed by atoms with Crippen LogP contribution in [-0.4, -0.2) is 35.1 Å². The zero-order chi connectivity index (χ0) is 29.1. The molecule has 12 heteroatoms. The molecule has 5 rings (SSSR count). The average Bonchev–Trinajstić information content (AvgIpc) is 3.58. The van der Waals surface area contributed by atoms with Gasteiger partial charge in [0.25, 0.3) is 0 Å². The standard InChI is InChI=1S/C29H23ClFN5O4S/c1-29(2)39-14-20(40-29)13-37-19-7-4-16(5-8-19)24-21(11-32)28(36-26(33)25(24)34-3)41-15-18-12-38-27(35-18)17-6-9-23(31)22(30)10-17/h4-10,12,20H,13-15H2,1-2H3,(H2,33,36)/t20-/m1/s1. The van der Waals surface area contributed by atoms with Gasteiger partial charge < -0.3 is 24.4 Å². The van der Waals surface area contributed by atoms with Crippen molar-refractivity contribution in [3.8, 4) is 34.4 Å². The van der Waals surface area contributed by atoms with E-state index in [1.807, 2.05) is 13.8 Å². The van der Waals surface area contributed by atoms with E-state index >= 15 is 0 Å². The number of ether oxygens (including phenoxy) is 3. The number of nitrogens with zero attached hydrogens (tertiary/aromatic N) is 4. The zero-order valence-electron chi connectivity index (χ0n) is 22.0. The molecule has 0 radical (unpaired) electrons. The lowest BCUT2D eigenvalue weighted by atomic mass is 10.00. The van der Waals surface area contributed by atoms with Crippen LogP contribution in [0.2, 0.25) is 5.02 Å². The molecule has 2 aromatic carbocycles. The second-order valence-corrected chi connectivity index (χ2v) is 10.8. The highest BCUT2D eigenvalue weighted by atomic mass is 35.5. The van der Waals surface area contributed by atoms with Crippen molar-refractivity contribution >= 4 is 34.9 Å². The number of oxazole rings is 1. The summed E-state index contributed by atoms with van der Waals surface area (Å²) in [6, 6.07) is 13.4. The monoisotopic (exact) mass is 591 g/mol. The van der Waals surface area contributed by atoms with Crippen LogP contribution in [0.15, 0.2) is 58.2 Å². The Morgan fingerprint density at radius 3 is 2.66 bits per heavy atom. The van der Waals surface area contributed by atoms with Gasteiger partial charge in [0, 0.05) is 16.9 Å². The van der Waals surface area contributed by atoms with Gasteiger partial charge in [0.15, 0.2) is 5.79 Å². The van der Waals surface area contributed by atoms with Crippen LogP contribution in [0.1, 0.15) is 25.1 Å². The van der Waals surface area contributed by atoms with Crippen LogP contribution in [0.4, 0.5) is 15.9 Å². The molecule has 208 valence electrons. The third-order valence-electron chi connectivity index (χ3n) is 6.11. The van der Waals surface area contributed by atoms with Gasteiger partial charge in [-0.25, -0.2) is 19.2 Å². The number of pyridine rings is 1. The highest BCUT2D eigenvalue weighted by molar-refractivity contribution is 7.98. The molecule has 1 saturated heterocycles. The maximum atomic E-state index is 13.5. The second kappa shape index (κ2) is 11.8. The van der Waals surface area contributed by atoms with E-state index in [-0.39, 0.29) is 34.1 Å². The van der Waals surface area contributed by atoms with Crippen LogP contribution in [0.3, 0.4) is 0 Å². The topological polar surface area (TPSA) is 121 Å². The van der Waals surface area contributed by atoms with Gasteiger partial charge in [0.05, 0.1) is 29.5 Å². The molecule has 0 unspecified atom stereocenters. The fraction of sp³-hybridized carbons (Fsp3) is 0.241. The van der Waals surface area contributed by atoms with Crippen molar-refractivity contribution in [1.29, 1.82) is 5.26 Å². The molecule has 0 spiro atoms. The number of rotatable bonds is 8. The summed E-state index contributed by atoms with van der Waals surface area (Å²) in [5.74, 6) is 0.0190. The molecule has 0 bridgehead atoms. The summed E-state index contributed by atoms with van der Waals surface area (Å²) in [6.07, 6.45) is 1.28. The van der Waals surface area contributed by atoms with E-state index in [1.165, 1.54) is 36.2 Å².